The van der Waals surface area contributed by atoms with Crippen molar-refractivity contribution in [3.05, 3.63) is 0 Å². The maximum Gasteiger partial charge on any atom is 0.0888 e. The molecular weight excluding hydrogens is 261 g/mol. The Morgan fingerprint density at radius 2 is 1.42 bits per heavy atom. The first kappa shape index (κ1) is 10.8. The Bertz CT molecular complexity index is 135. The summed E-state index contributed by atoms with van der Waals surface area (Å²) >= 11 is 0. The van der Waals surface area contributed by atoms with E-state index >= 15 is 0 Å². The first-order valence-corrected chi connectivity index (χ1v) is 5.15. The van der Waals surface area contributed by atoms with Crippen molar-refractivity contribution in [1.82, 2.24) is 0 Å². The van der Waals surface area contributed by atoms with Gasteiger partial charge in [-0.25, -0.2) is 0 Å². The third-order valence-corrected chi connectivity index (χ3v) is 3.79. The monoisotopic (exact) mass is 281 g/mol. The highest BCUT2D eigenvalue weighted by atomic mass is 127. The zero-order valence-corrected chi connectivity index (χ0v) is 10.2. The van der Waals surface area contributed by atoms with Crippen molar-refractivity contribution in [1.29, 1.82) is 0 Å². The van der Waals surface area contributed by atoms with Gasteiger partial charge in [0.1, 0.15) is 0 Å². The minimum Gasteiger partial charge on any atom is -1.00 e. The fourth-order valence-corrected chi connectivity index (χ4v) is 2.95. The number of fused-ring (bicyclic) bond motifs is 1. The van der Waals surface area contributed by atoms with Gasteiger partial charge >= 0.3 is 0 Å². The Morgan fingerprint density at radius 3 is 1.83 bits per heavy atom. The number of hydrogen-bond acceptors (Lipinski definition) is 0. The van der Waals surface area contributed by atoms with Crippen LogP contribution in [0.2, 0.25) is 0 Å². The largest absolute Gasteiger partial charge is 1.00 e. The van der Waals surface area contributed by atoms with E-state index in [9.17, 15) is 0 Å². The van der Waals surface area contributed by atoms with Crippen LogP contribution >= 0.6 is 0 Å². The molecule has 0 radical (unpaired) electrons. The van der Waals surface area contributed by atoms with Crippen LogP contribution in [0.3, 0.4) is 0 Å². The molecule has 0 N–H and O–H groups in total. The number of quaternary nitrogens is 1. The molecule has 0 unspecified atom stereocenters. The van der Waals surface area contributed by atoms with E-state index in [0.717, 1.165) is 6.04 Å². The molecule has 2 saturated heterocycles. The molecule has 72 valence electrons. The lowest BCUT2D eigenvalue weighted by Crippen LogP contribution is -3.00. The fourth-order valence-electron chi connectivity index (χ4n) is 2.95. The molecule has 2 aliphatic heterocycles. The molecule has 0 aromatic rings. The fraction of sp³-hybridized carbons (Fsp3) is 1.00. The molecule has 0 atom stereocenters. The van der Waals surface area contributed by atoms with Gasteiger partial charge in [-0.3, -0.25) is 0 Å². The lowest BCUT2D eigenvalue weighted by atomic mass is 9.90. The summed E-state index contributed by atoms with van der Waals surface area (Å²) in [5.74, 6) is 0. The molecule has 0 amide bonds. The van der Waals surface area contributed by atoms with E-state index in [2.05, 4.69) is 7.05 Å². The first-order valence-electron chi connectivity index (χ1n) is 5.15. The van der Waals surface area contributed by atoms with Crippen LogP contribution < -0.4 is 24.0 Å². The number of halogens is 1. The van der Waals surface area contributed by atoms with Crippen molar-refractivity contribution < 1.29 is 28.5 Å². The predicted molar refractivity (Wildman–Crippen MR) is 47.4 cm³/mol. The van der Waals surface area contributed by atoms with Gasteiger partial charge in [0.05, 0.1) is 26.2 Å². The number of piperidine rings is 2. The van der Waals surface area contributed by atoms with Crippen LogP contribution in [-0.4, -0.2) is 30.7 Å². The van der Waals surface area contributed by atoms with Crippen molar-refractivity contribution >= 4 is 0 Å². The Balaban J connectivity index is 0.000000720. The molecule has 0 saturated carbocycles. The van der Waals surface area contributed by atoms with Gasteiger partial charge < -0.3 is 28.5 Å². The maximum atomic E-state index is 2.48. The van der Waals surface area contributed by atoms with Gasteiger partial charge in [0.15, 0.2) is 0 Å². The third kappa shape index (κ3) is 1.95. The van der Waals surface area contributed by atoms with E-state index in [1.807, 2.05) is 0 Å². The Kier molecular flexibility index (Phi) is 3.83. The summed E-state index contributed by atoms with van der Waals surface area (Å²) in [5, 5.41) is 0. The van der Waals surface area contributed by atoms with E-state index in [0.29, 0.717) is 0 Å². The number of nitrogens with zero attached hydrogens (tertiary/aromatic N) is 1. The van der Waals surface area contributed by atoms with Gasteiger partial charge in [-0.15, -0.1) is 0 Å². The summed E-state index contributed by atoms with van der Waals surface area (Å²) in [5.41, 5.74) is 0. The van der Waals surface area contributed by atoms with E-state index in [1.165, 1.54) is 56.1 Å². The average molecular weight is 281 g/mol. The van der Waals surface area contributed by atoms with Crippen LogP contribution in [0.5, 0.6) is 0 Å². The van der Waals surface area contributed by atoms with Gasteiger partial charge in [-0.2, -0.15) is 0 Å². The van der Waals surface area contributed by atoms with Crippen molar-refractivity contribution in [3.8, 4) is 0 Å². The van der Waals surface area contributed by atoms with Crippen LogP contribution in [0, 0.1) is 0 Å². The zero-order chi connectivity index (χ0) is 7.73. The molecule has 2 heteroatoms. The van der Waals surface area contributed by atoms with Crippen molar-refractivity contribution in [2.24, 2.45) is 0 Å². The summed E-state index contributed by atoms with van der Waals surface area (Å²) in [6, 6.07) is 1.04. The minimum atomic E-state index is 0. The van der Waals surface area contributed by atoms with Gasteiger partial charge in [0.2, 0.25) is 0 Å². The summed E-state index contributed by atoms with van der Waals surface area (Å²) in [7, 11) is 2.48. The van der Waals surface area contributed by atoms with Crippen molar-refractivity contribution in [2.75, 3.05) is 20.1 Å². The third-order valence-electron chi connectivity index (χ3n) is 3.79. The molecule has 2 fully saturated rings. The molecule has 2 heterocycles. The number of hydrogen-bond donors (Lipinski definition) is 0. The molecule has 0 aromatic carbocycles. The first-order chi connectivity index (χ1) is 5.31. The van der Waals surface area contributed by atoms with Crippen LogP contribution in [0.1, 0.15) is 38.5 Å². The SMILES string of the molecule is C[N+]12CCCCC1CCCC2.[I-]. The molecule has 1 nitrogen and oxygen atoms in total. The Hall–Kier alpha value is 0.690. The van der Waals surface area contributed by atoms with Gasteiger partial charge in [-0.05, 0) is 38.5 Å². The van der Waals surface area contributed by atoms with E-state index < -0.39 is 0 Å². The molecule has 0 aromatic heterocycles. The molecule has 0 bridgehead atoms. The van der Waals surface area contributed by atoms with E-state index in [4.69, 9.17) is 0 Å². The second-order valence-corrected chi connectivity index (χ2v) is 4.57. The normalized spacial score (nSPS) is 41.2. The van der Waals surface area contributed by atoms with Crippen LogP contribution in [0.4, 0.5) is 0 Å². The summed E-state index contributed by atoms with van der Waals surface area (Å²) in [4.78, 5) is 0. The number of rotatable bonds is 0. The minimum absolute atomic E-state index is 0. The lowest BCUT2D eigenvalue weighted by molar-refractivity contribution is -0.943. The summed E-state index contributed by atoms with van der Waals surface area (Å²) < 4.78 is 1.42. The Labute approximate surface area is 93.1 Å². The van der Waals surface area contributed by atoms with Crippen molar-refractivity contribution in [2.45, 2.75) is 44.6 Å². The highest BCUT2D eigenvalue weighted by Gasteiger charge is 2.36. The summed E-state index contributed by atoms with van der Waals surface area (Å²) in [6.07, 6.45) is 8.98. The second kappa shape index (κ2) is 4.27. The zero-order valence-electron chi connectivity index (χ0n) is 8.06. The van der Waals surface area contributed by atoms with Crippen LogP contribution in [-0.2, 0) is 0 Å². The molecule has 12 heavy (non-hydrogen) atoms. The maximum absolute atomic E-state index is 2.48. The average Bonchev–Trinajstić information content (AvgIpc) is 2.03. The molecular formula is C10H20IN. The van der Waals surface area contributed by atoms with Crippen LogP contribution in [0.25, 0.3) is 0 Å². The Morgan fingerprint density at radius 1 is 0.917 bits per heavy atom. The van der Waals surface area contributed by atoms with Crippen molar-refractivity contribution in [3.63, 3.8) is 0 Å². The van der Waals surface area contributed by atoms with E-state index in [1.54, 1.807) is 0 Å². The molecule has 0 spiro atoms. The topological polar surface area (TPSA) is 0 Å². The van der Waals surface area contributed by atoms with Gasteiger partial charge in [0.25, 0.3) is 0 Å². The summed E-state index contributed by atoms with van der Waals surface area (Å²) in [6.45, 7) is 2.93. The highest BCUT2D eigenvalue weighted by Crippen LogP contribution is 2.31. The second-order valence-electron chi connectivity index (χ2n) is 4.57. The quantitative estimate of drug-likeness (QED) is 0.402. The van der Waals surface area contributed by atoms with Gasteiger partial charge in [-0.1, -0.05) is 0 Å². The smallest absolute Gasteiger partial charge is 0.0888 e. The molecule has 2 aliphatic rings. The van der Waals surface area contributed by atoms with Gasteiger partial charge in [0, 0.05) is 0 Å². The lowest BCUT2D eigenvalue weighted by Gasteiger charge is -2.47. The van der Waals surface area contributed by atoms with E-state index in [-0.39, 0.29) is 24.0 Å². The molecule has 0 aliphatic carbocycles. The standard InChI is InChI=1S/C10H20N.HI/c1-11-8-4-2-6-10(11)7-3-5-9-11;/h10H,2-9H2,1H3;1H/q+1;/p-1. The highest BCUT2D eigenvalue weighted by molar-refractivity contribution is 4.69. The van der Waals surface area contributed by atoms with Crippen LogP contribution in [0.15, 0.2) is 0 Å². The predicted octanol–water partition coefficient (Wildman–Crippen LogP) is -0.827. The molecule has 2 rings (SSSR count).